The molecule has 1 atom stereocenters. The number of nitrogens with one attached hydrogen (secondary N) is 2. The van der Waals surface area contributed by atoms with E-state index in [0.29, 0.717) is 12.8 Å². The summed E-state index contributed by atoms with van der Waals surface area (Å²) in [6, 6.07) is 8.26. The van der Waals surface area contributed by atoms with Crippen molar-refractivity contribution in [1.29, 1.82) is 0 Å². The van der Waals surface area contributed by atoms with Crippen molar-refractivity contribution in [3.8, 4) is 0 Å². The molecule has 1 aliphatic rings. The summed E-state index contributed by atoms with van der Waals surface area (Å²) < 4.78 is 4.56. The molecule has 8 nitrogen and oxygen atoms in total. The number of alkyl carbamates (subject to hydrolysis) is 1. The Morgan fingerprint density at radius 1 is 1.25 bits per heavy atom. The Kier molecular flexibility index (Phi) is 5.89. The molecule has 8 heteroatoms. The lowest BCUT2D eigenvalue weighted by molar-refractivity contribution is -0.132. The van der Waals surface area contributed by atoms with Crippen molar-refractivity contribution >= 4 is 23.9 Å². The maximum absolute atomic E-state index is 12.2. The van der Waals surface area contributed by atoms with Gasteiger partial charge in [-0.15, -0.1) is 0 Å². The number of aryl methyl sites for hydroxylation is 1. The first-order valence-electron chi connectivity index (χ1n) is 7.63. The summed E-state index contributed by atoms with van der Waals surface area (Å²) >= 11 is 0. The largest absolute Gasteiger partial charge is 0.450 e. The Balaban J connectivity index is 1.86. The van der Waals surface area contributed by atoms with Gasteiger partial charge in [0.25, 0.3) is 5.91 Å². The molecule has 1 aromatic rings. The van der Waals surface area contributed by atoms with Crippen LogP contribution in [-0.4, -0.2) is 48.0 Å². The van der Waals surface area contributed by atoms with Gasteiger partial charge in [-0.05, 0) is 25.3 Å². The SMILES string of the molecule is CCOC(=O)NC(=O)CN1C(=O)NC(CCc2ccccc2)C1=O. The van der Waals surface area contributed by atoms with Crippen LogP contribution in [0.25, 0.3) is 0 Å². The minimum absolute atomic E-state index is 0.115. The van der Waals surface area contributed by atoms with Crippen LogP contribution < -0.4 is 10.6 Å². The van der Waals surface area contributed by atoms with Gasteiger partial charge in [-0.3, -0.25) is 19.8 Å². The molecule has 5 amide bonds. The summed E-state index contributed by atoms with van der Waals surface area (Å²) in [5.41, 5.74) is 1.05. The normalized spacial score (nSPS) is 16.7. The quantitative estimate of drug-likeness (QED) is 0.750. The molecule has 1 aromatic carbocycles. The van der Waals surface area contributed by atoms with E-state index in [1.54, 1.807) is 6.92 Å². The monoisotopic (exact) mass is 333 g/mol. The minimum Gasteiger partial charge on any atom is -0.450 e. The van der Waals surface area contributed by atoms with E-state index >= 15 is 0 Å². The molecular weight excluding hydrogens is 314 g/mol. The maximum Gasteiger partial charge on any atom is 0.413 e. The fourth-order valence-corrected chi connectivity index (χ4v) is 2.34. The summed E-state index contributed by atoms with van der Waals surface area (Å²) in [7, 11) is 0. The van der Waals surface area contributed by atoms with E-state index in [9.17, 15) is 19.2 Å². The van der Waals surface area contributed by atoms with Gasteiger partial charge >= 0.3 is 12.1 Å². The van der Waals surface area contributed by atoms with Crippen molar-refractivity contribution in [2.75, 3.05) is 13.2 Å². The van der Waals surface area contributed by atoms with Crippen LogP contribution in [0.5, 0.6) is 0 Å². The Labute approximate surface area is 139 Å². The third-order valence-corrected chi connectivity index (χ3v) is 3.49. The second kappa shape index (κ2) is 8.09. The molecule has 1 aliphatic heterocycles. The van der Waals surface area contributed by atoms with Gasteiger partial charge in [-0.25, -0.2) is 9.59 Å². The highest BCUT2D eigenvalue weighted by atomic mass is 16.5. The molecule has 1 fully saturated rings. The van der Waals surface area contributed by atoms with Gasteiger partial charge in [0, 0.05) is 0 Å². The van der Waals surface area contributed by atoms with E-state index < -0.39 is 36.5 Å². The fraction of sp³-hybridized carbons (Fsp3) is 0.375. The standard InChI is InChI=1S/C16H19N3O5/c1-2-24-16(23)18-13(20)10-19-14(21)12(17-15(19)22)9-8-11-6-4-3-5-7-11/h3-7,12H,2,8-10H2,1H3,(H,17,22)(H,18,20,23). The van der Waals surface area contributed by atoms with Crippen LogP contribution in [0.4, 0.5) is 9.59 Å². The lowest BCUT2D eigenvalue weighted by atomic mass is 10.1. The number of hydrogen-bond acceptors (Lipinski definition) is 5. The first-order chi connectivity index (χ1) is 11.5. The summed E-state index contributed by atoms with van der Waals surface area (Å²) in [5.74, 6) is -1.25. The highest BCUT2D eigenvalue weighted by molar-refractivity contribution is 6.07. The third kappa shape index (κ3) is 4.55. The molecule has 0 bridgehead atoms. The van der Waals surface area contributed by atoms with Crippen molar-refractivity contribution < 1.29 is 23.9 Å². The number of amides is 5. The van der Waals surface area contributed by atoms with Gasteiger partial charge in [-0.1, -0.05) is 30.3 Å². The van der Waals surface area contributed by atoms with E-state index in [1.165, 1.54) is 0 Å². The zero-order valence-electron chi connectivity index (χ0n) is 13.3. The number of imide groups is 2. The van der Waals surface area contributed by atoms with Crippen LogP contribution in [0.15, 0.2) is 30.3 Å². The number of rotatable bonds is 6. The molecule has 0 radical (unpaired) electrons. The molecule has 0 saturated carbocycles. The molecule has 128 valence electrons. The van der Waals surface area contributed by atoms with Crippen LogP contribution in [0.2, 0.25) is 0 Å². The van der Waals surface area contributed by atoms with E-state index in [-0.39, 0.29) is 6.61 Å². The average molecular weight is 333 g/mol. The minimum atomic E-state index is -0.907. The third-order valence-electron chi connectivity index (χ3n) is 3.49. The van der Waals surface area contributed by atoms with E-state index in [1.807, 2.05) is 35.6 Å². The lowest BCUT2D eigenvalue weighted by Crippen LogP contribution is -2.43. The molecule has 1 saturated heterocycles. The zero-order valence-corrected chi connectivity index (χ0v) is 13.3. The Morgan fingerprint density at radius 2 is 1.96 bits per heavy atom. The second-order valence-corrected chi connectivity index (χ2v) is 5.22. The van der Waals surface area contributed by atoms with Crippen LogP contribution >= 0.6 is 0 Å². The summed E-state index contributed by atoms with van der Waals surface area (Å²) in [4.78, 5) is 47.7. The summed E-state index contributed by atoms with van der Waals surface area (Å²) in [6.45, 7) is 1.19. The molecule has 0 spiro atoms. The van der Waals surface area contributed by atoms with E-state index in [0.717, 1.165) is 10.5 Å². The second-order valence-electron chi connectivity index (χ2n) is 5.22. The van der Waals surface area contributed by atoms with Gasteiger partial charge in [0.2, 0.25) is 5.91 Å². The first-order valence-corrected chi connectivity index (χ1v) is 7.63. The van der Waals surface area contributed by atoms with Crippen molar-refractivity contribution in [2.24, 2.45) is 0 Å². The molecule has 2 N–H and O–H groups in total. The molecule has 1 unspecified atom stereocenters. The zero-order chi connectivity index (χ0) is 17.5. The lowest BCUT2D eigenvalue weighted by Gasteiger charge is -2.12. The average Bonchev–Trinajstić information content (AvgIpc) is 2.81. The Bertz CT molecular complexity index is 632. The smallest absolute Gasteiger partial charge is 0.413 e. The van der Waals surface area contributed by atoms with Gasteiger partial charge < -0.3 is 10.1 Å². The molecule has 0 aromatic heterocycles. The Hall–Kier alpha value is -2.90. The van der Waals surface area contributed by atoms with Crippen LogP contribution in [-0.2, 0) is 20.7 Å². The number of benzene rings is 1. The van der Waals surface area contributed by atoms with Crippen LogP contribution in [0, 0.1) is 0 Å². The molecule has 1 heterocycles. The van der Waals surface area contributed by atoms with E-state index in [4.69, 9.17) is 0 Å². The van der Waals surface area contributed by atoms with Gasteiger partial charge in [-0.2, -0.15) is 0 Å². The maximum atomic E-state index is 12.2. The fourth-order valence-electron chi connectivity index (χ4n) is 2.34. The number of carbonyl (C=O) groups excluding carboxylic acids is 4. The topological polar surface area (TPSA) is 105 Å². The highest BCUT2D eigenvalue weighted by Crippen LogP contribution is 2.12. The van der Waals surface area contributed by atoms with Gasteiger partial charge in [0.05, 0.1) is 6.61 Å². The van der Waals surface area contributed by atoms with Crippen molar-refractivity contribution in [1.82, 2.24) is 15.5 Å². The number of hydrogen-bond donors (Lipinski definition) is 2. The van der Waals surface area contributed by atoms with Gasteiger partial charge in [0.15, 0.2) is 0 Å². The molecule has 2 rings (SSSR count). The molecular formula is C16H19N3O5. The number of nitrogens with zero attached hydrogens (tertiary/aromatic N) is 1. The highest BCUT2D eigenvalue weighted by Gasteiger charge is 2.38. The first kappa shape index (κ1) is 17.5. The van der Waals surface area contributed by atoms with Crippen LogP contribution in [0.3, 0.4) is 0 Å². The predicted molar refractivity (Wildman–Crippen MR) is 84.0 cm³/mol. The van der Waals surface area contributed by atoms with Crippen LogP contribution in [0.1, 0.15) is 18.9 Å². The Morgan fingerprint density at radius 3 is 2.62 bits per heavy atom. The predicted octanol–water partition coefficient (Wildman–Crippen LogP) is 0.812. The van der Waals surface area contributed by atoms with Crippen molar-refractivity contribution in [3.63, 3.8) is 0 Å². The molecule has 24 heavy (non-hydrogen) atoms. The summed E-state index contributed by atoms with van der Waals surface area (Å²) in [6.07, 6.45) is 0.153. The van der Waals surface area contributed by atoms with Crippen molar-refractivity contribution in [3.05, 3.63) is 35.9 Å². The number of urea groups is 1. The number of carbonyl (C=O) groups is 4. The molecule has 0 aliphatic carbocycles. The number of ether oxygens (including phenoxy) is 1. The van der Waals surface area contributed by atoms with Crippen molar-refractivity contribution in [2.45, 2.75) is 25.8 Å². The summed E-state index contributed by atoms with van der Waals surface area (Å²) in [5, 5.41) is 4.50. The van der Waals surface area contributed by atoms with E-state index in [2.05, 4.69) is 10.1 Å². The van der Waals surface area contributed by atoms with Gasteiger partial charge in [0.1, 0.15) is 12.6 Å².